The minimum atomic E-state index is -3.65. The van der Waals surface area contributed by atoms with Gasteiger partial charge in [-0.05, 0) is 75.9 Å². The summed E-state index contributed by atoms with van der Waals surface area (Å²) in [6, 6.07) is 0. The average molecular weight is 410 g/mol. The van der Waals surface area contributed by atoms with E-state index in [1.165, 1.54) is 38.9 Å². The molecule has 1 N–H and O–H groups in total. The molecule has 0 heterocycles. The van der Waals surface area contributed by atoms with Crippen LogP contribution in [0.3, 0.4) is 0 Å². The van der Waals surface area contributed by atoms with Gasteiger partial charge >= 0.3 is 5.25 Å². The van der Waals surface area contributed by atoms with E-state index in [-0.39, 0.29) is 0 Å². The van der Waals surface area contributed by atoms with Crippen molar-refractivity contribution in [1.29, 1.82) is 0 Å². The van der Waals surface area contributed by atoms with E-state index >= 15 is 0 Å². The monoisotopic (exact) mass is 409 g/mol. The van der Waals surface area contributed by atoms with Crippen molar-refractivity contribution in [3.8, 4) is 0 Å². The molecule has 0 aromatic rings. The van der Waals surface area contributed by atoms with Crippen molar-refractivity contribution in [2.24, 2.45) is 17.8 Å². The minimum absolute atomic E-state index is 0.433. The van der Waals surface area contributed by atoms with Gasteiger partial charge in [0.1, 0.15) is 6.61 Å². The molecule has 4 aliphatic rings. The molecule has 0 amide bonds. The molecule has 0 aromatic heterocycles. The van der Waals surface area contributed by atoms with Gasteiger partial charge in [-0.3, -0.25) is 4.79 Å². The van der Waals surface area contributed by atoms with E-state index in [0.29, 0.717) is 17.8 Å². The lowest BCUT2D eigenvalue weighted by Crippen LogP contribution is -2.53. The van der Waals surface area contributed by atoms with E-state index in [4.69, 9.17) is 14.1 Å². The van der Waals surface area contributed by atoms with Gasteiger partial charge < -0.3 is 14.2 Å². The van der Waals surface area contributed by atoms with E-state index in [1.807, 2.05) is 0 Å². The smallest absolute Gasteiger partial charge is 0.367 e. The van der Waals surface area contributed by atoms with Crippen molar-refractivity contribution in [3.05, 3.63) is 0 Å². The third-order valence-corrected chi connectivity index (χ3v) is 6.75. The molecule has 4 rings (SSSR count). The van der Waals surface area contributed by atoms with E-state index < -0.39 is 28.5 Å². The zero-order chi connectivity index (χ0) is 20.7. The molecule has 27 heavy (non-hydrogen) atoms. The van der Waals surface area contributed by atoms with Crippen LogP contribution in [0.4, 0.5) is 8.78 Å². The first-order chi connectivity index (χ1) is 12.7. The lowest BCUT2D eigenvalue weighted by molar-refractivity contribution is -0.185. The van der Waals surface area contributed by atoms with Gasteiger partial charge in [-0.2, -0.15) is 8.78 Å². The van der Waals surface area contributed by atoms with Crippen LogP contribution in [0.25, 0.3) is 0 Å². The van der Waals surface area contributed by atoms with Crippen molar-refractivity contribution in [1.82, 2.24) is 4.90 Å². The summed E-state index contributed by atoms with van der Waals surface area (Å²) in [5.74, 6) is 1.85. The van der Waals surface area contributed by atoms with Gasteiger partial charge in [0, 0.05) is 0 Å². The Morgan fingerprint density at radius 2 is 1.41 bits per heavy atom. The van der Waals surface area contributed by atoms with E-state index in [1.54, 1.807) is 0 Å². The fourth-order valence-electron chi connectivity index (χ4n) is 5.17. The normalized spacial score (nSPS) is 32.3. The summed E-state index contributed by atoms with van der Waals surface area (Å²) in [7, 11) is 0. The van der Waals surface area contributed by atoms with Gasteiger partial charge in [0.15, 0.2) is 0 Å². The third-order valence-electron chi connectivity index (χ3n) is 6.13. The van der Waals surface area contributed by atoms with Gasteiger partial charge in [0.05, 0.1) is 5.60 Å². The minimum Gasteiger partial charge on any atom is -0.368 e. The Kier molecular flexibility index (Phi) is 9.96. The zero-order valence-electron chi connectivity index (χ0n) is 16.6. The Morgan fingerprint density at radius 1 is 1.04 bits per heavy atom. The van der Waals surface area contributed by atoms with Gasteiger partial charge in [0.25, 0.3) is 6.79 Å². The van der Waals surface area contributed by atoms with Gasteiger partial charge in [-0.25, -0.2) is 4.21 Å². The Balaban J connectivity index is 0.000000346. The van der Waals surface area contributed by atoms with Crippen molar-refractivity contribution in [2.45, 2.75) is 70.2 Å². The number of hydrogen-bond donors (Lipinski definition) is 1. The molecule has 4 fully saturated rings. The average Bonchev–Trinajstić information content (AvgIpc) is 2.63. The third kappa shape index (κ3) is 6.84. The van der Waals surface area contributed by atoms with Gasteiger partial charge in [-0.15, -0.1) is 0 Å². The Labute approximate surface area is 164 Å². The molecule has 0 spiro atoms. The van der Waals surface area contributed by atoms with E-state index in [0.717, 1.165) is 19.3 Å². The van der Waals surface area contributed by atoms with Crippen LogP contribution < -0.4 is 0 Å². The van der Waals surface area contributed by atoms with Crippen LogP contribution in [0.1, 0.15) is 59.3 Å². The number of rotatable bonds is 7. The molecule has 0 saturated heterocycles. The molecule has 4 aliphatic carbocycles. The summed E-state index contributed by atoms with van der Waals surface area (Å²) in [6.45, 7) is 13.7. The molecule has 0 aliphatic heterocycles. The topological polar surface area (TPSA) is 66.8 Å². The molecule has 1 atom stereocenters. The maximum Gasteiger partial charge on any atom is 0.367 e. The predicted octanol–water partition coefficient (Wildman–Crippen LogP) is 3.74. The van der Waals surface area contributed by atoms with Crippen LogP contribution in [0, 0.1) is 17.8 Å². The Hall–Kier alpha value is -0.440. The van der Waals surface area contributed by atoms with Gasteiger partial charge in [0.2, 0.25) is 11.1 Å². The molecular formula is C19H33F2NO4S. The second-order valence-corrected chi connectivity index (χ2v) is 8.99. The number of carbonyl (C=O) groups excluding carboxylic acids is 1. The first-order valence-corrected chi connectivity index (χ1v) is 10.9. The fraction of sp³-hybridized carbons (Fsp3) is 0.947. The van der Waals surface area contributed by atoms with Crippen LogP contribution in [0.5, 0.6) is 0 Å². The first kappa shape index (κ1) is 24.6. The number of halogens is 2. The molecule has 1 unspecified atom stereocenters. The summed E-state index contributed by atoms with van der Waals surface area (Å²) >= 11 is -3.15. The summed E-state index contributed by atoms with van der Waals surface area (Å²) in [5.41, 5.74) is -0.433. The SMILES string of the molecule is CCN(CC)CC.O=S(O)C(F)(F)COC12CC3CC(CC(C3)C1)C2.[C]=O. The van der Waals surface area contributed by atoms with E-state index in [2.05, 4.69) is 32.5 Å². The molecule has 158 valence electrons. The second-order valence-electron chi connectivity index (χ2n) is 7.90. The van der Waals surface area contributed by atoms with Crippen molar-refractivity contribution in [2.75, 3.05) is 26.2 Å². The van der Waals surface area contributed by atoms with Crippen molar-refractivity contribution in [3.63, 3.8) is 0 Å². The Morgan fingerprint density at radius 3 is 1.67 bits per heavy atom. The maximum absolute atomic E-state index is 13.2. The summed E-state index contributed by atoms with van der Waals surface area (Å²) in [6.07, 6.45) is 6.20. The van der Waals surface area contributed by atoms with Crippen LogP contribution in [-0.4, -0.2) is 57.5 Å². The number of ether oxygens (including phenoxy) is 1. The number of hydrogen-bond acceptors (Lipinski definition) is 4. The van der Waals surface area contributed by atoms with Crippen LogP contribution in [0.15, 0.2) is 0 Å². The predicted molar refractivity (Wildman–Crippen MR) is 102 cm³/mol. The van der Waals surface area contributed by atoms with E-state index in [9.17, 15) is 13.0 Å². The standard InChI is InChI=1S/C12H18F2O3S.C6H15N.CO/c13-12(14,18(15)16)7-17-11-4-8-1-9(5-11)3-10(2-8)6-11;1-4-7(5-2)6-3;1-2/h8-10H,1-7H2,(H,15,16);4-6H2,1-3H3;. The Bertz CT molecular complexity index is 434. The quantitative estimate of drug-likeness (QED) is 0.649. The lowest BCUT2D eigenvalue weighted by atomic mass is 9.54. The summed E-state index contributed by atoms with van der Waals surface area (Å²) in [5, 5.41) is -3.65. The highest BCUT2D eigenvalue weighted by molar-refractivity contribution is 7.80. The largest absolute Gasteiger partial charge is 0.368 e. The maximum atomic E-state index is 13.2. The first-order valence-electron chi connectivity index (χ1n) is 9.79. The van der Waals surface area contributed by atoms with Crippen LogP contribution in [-0.2, 0) is 20.6 Å². The van der Waals surface area contributed by atoms with Crippen LogP contribution >= 0.6 is 0 Å². The highest BCUT2D eigenvalue weighted by Crippen LogP contribution is 2.57. The highest BCUT2D eigenvalue weighted by atomic mass is 32.2. The fourth-order valence-corrected chi connectivity index (χ4v) is 5.33. The second kappa shape index (κ2) is 10.9. The number of nitrogens with zero attached hydrogens (tertiary/aromatic N) is 1. The van der Waals surface area contributed by atoms with Gasteiger partial charge in [-0.1, -0.05) is 20.8 Å². The zero-order valence-corrected chi connectivity index (χ0v) is 17.4. The summed E-state index contributed by atoms with van der Waals surface area (Å²) in [4.78, 5) is 9.88. The molecule has 2 radical (unpaired) electrons. The van der Waals surface area contributed by atoms with Crippen LogP contribution in [0.2, 0.25) is 0 Å². The molecule has 4 bridgehead atoms. The highest BCUT2D eigenvalue weighted by Gasteiger charge is 2.53. The molecule has 5 nitrogen and oxygen atoms in total. The summed E-state index contributed by atoms with van der Waals surface area (Å²) < 4.78 is 50.8. The molecule has 0 aromatic carbocycles. The molecule has 4 saturated carbocycles. The number of alkyl halides is 2. The lowest BCUT2D eigenvalue weighted by Gasteiger charge is -2.56. The van der Waals surface area contributed by atoms with Crippen molar-refractivity contribution < 1.29 is 27.1 Å². The molecular weight excluding hydrogens is 376 g/mol. The molecule has 8 heteroatoms. The van der Waals surface area contributed by atoms with Crippen molar-refractivity contribution >= 4 is 17.9 Å².